The van der Waals surface area contributed by atoms with Crippen molar-refractivity contribution in [2.75, 3.05) is 13.1 Å². The maximum atomic E-state index is 15.1. The minimum absolute atomic E-state index is 0.132. The van der Waals surface area contributed by atoms with Crippen molar-refractivity contribution < 1.29 is 18.0 Å². The first-order valence-corrected chi connectivity index (χ1v) is 8.76. The number of carbonyl (C=O) groups excluding carboxylic acids is 1. The Labute approximate surface area is 145 Å². The molecule has 0 aromatic heterocycles. The summed E-state index contributed by atoms with van der Waals surface area (Å²) in [6, 6.07) is 6.75. The van der Waals surface area contributed by atoms with Gasteiger partial charge in [-0.05, 0) is 30.0 Å². The summed E-state index contributed by atoms with van der Waals surface area (Å²) in [4.78, 5) is 13.9. The van der Waals surface area contributed by atoms with E-state index in [1.807, 2.05) is 0 Å². The van der Waals surface area contributed by atoms with Gasteiger partial charge in [0.2, 0.25) is 11.8 Å². The second-order valence-corrected chi connectivity index (χ2v) is 7.46. The van der Waals surface area contributed by atoms with Gasteiger partial charge in [-0.1, -0.05) is 23.7 Å². The number of rotatable bonds is 3. The van der Waals surface area contributed by atoms with Crippen LogP contribution in [0.25, 0.3) is 0 Å². The van der Waals surface area contributed by atoms with Gasteiger partial charge in [-0.3, -0.25) is 4.79 Å². The van der Waals surface area contributed by atoms with E-state index < -0.39 is 11.6 Å². The molecular formula is C18H21ClF3NO. The fraction of sp³-hybridized carbons (Fsp3) is 0.611. The molecule has 1 aromatic rings. The maximum absolute atomic E-state index is 15.1. The number of alkyl halides is 3. The van der Waals surface area contributed by atoms with Crippen molar-refractivity contribution in [2.24, 2.45) is 5.92 Å². The number of amides is 1. The summed E-state index contributed by atoms with van der Waals surface area (Å²) in [6.45, 7) is 0.621. The van der Waals surface area contributed by atoms with Gasteiger partial charge in [-0.15, -0.1) is 0 Å². The zero-order chi connectivity index (χ0) is 17.4. The van der Waals surface area contributed by atoms with Crippen molar-refractivity contribution >= 4 is 17.5 Å². The molecule has 0 bridgehead atoms. The second kappa shape index (κ2) is 6.58. The molecule has 132 valence electrons. The molecule has 2 fully saturated rings. The zero-order valence-corrected chi connectivity index (χ0v) is 14.2. The Morgan fingerprint density at radius 2 is 1.92 bits per heavy atom. The highest BCUT2D eigenvalue weighted by Gasteiger charge is 2.42. The van der Waals surface area contributed by atoms with Gasteiger partial charge in [0.05, 0.1) is 0 Å². The molecule has 2 aliphatic rings. The van der Waals surface area contributed by atoms with E-state index in [2.05, 4.69) is 0 Å². The van der Waals surface area contributed by atoms with Gasteiger partial charge in [-0.2, -0.15) is 0 Å². The summed E-state index contributed by atoms with van der Waals surface area (Å²) >= 11 is 5.93. The lowest BCUT2D eigenvalue weighted by Gasteiger charge is -2.37. The Hall–Kier alpha value is -1.23. The first kappa shape index (κ1) is 17.6. The zero-order valence-electron chi connectivity index (χ0n) is 13.4. The topological polar surface area (TPSA) is 20.3 Å². The van der Waals surface area contributed by atoms with Crippen LogP contribution in [-0.2, 0) is 10.5 Å². The molecule has 24 heavy (non-hydrogen) atoms. The van der Waals surface area contributed by atoms with Crippen LogP contribution in [0.15, 0.2) is 24.3 Å². The fourth-order valence-corrected chi connectivity index (χ4v) is 3.95. The third-order valence-corrected chi connectivity index (χ3v) is 5.45. The molecule has 6 heteroatoms. The van der Waals surface area contributed by atoms with E-state index in [4.69, 9.17) is 11.6 Å². The molecule has 1 aliphatic heterocycles. The van der Waals surface area contributed by atoms with Crippen LogP contribution < -0.4 is 0 Å². The van der Waals surface area contributed by atoms with Crippen molar-refractivity contribution in [3.05, 3.63) is 34.9 Å². The Bertz CT molecular complexity index is 614. The average molecular weight is 360 g/mol. The van der Waals surface area contributed by atoms with Gasteiger partial charge in [0.1, 0.15) is 5.67 Å². The van der Waals surface area contributed by atoms with E-state index in [1.165, 1.54) is 0 Å². The number of carbonyl (C=O) groups is 1. The first-order chi connectivity index (χ1) is 11.3. The van der Waals surface area contributed by atoms with Crippen molar-refractivity contribution in [1.82, 2.24) is 4.90 Å². The van der Waals surface area contributed by atoms with Gasteiger partial charge in [-0.25, -0.2) is 13.2 Å². The number of hydrogen-bond acceptors (Lipinski definition) is 1. The lowest BCUT2D eigenvalue weighted by atomic mass is 9.86. The minimum Gasteiger partial charge on any atom is -0.342 e. The van der Waals surface area contributed by atoms with Crippen molar-refractivity contribution in [2.45, 2.75) is 50.1 Å². The van der Waals surface area contributed by atoms with E-state index in [0.717, 1.165) is 0 Å². The minimum atomic E-state index is -2.63. The van der Waals surface area contributed by atoms with Crippen LogP contribution in [0.1, 0.15) is 44.1 Å². The van der Waals surface area contributed by atoms with Crippen LogP contribution >= 0.6 is 11.6 Å². The monoisotopic (exact) mass is 359 g/mol. The molecule has 0 spiro atoms. The van der Waals surface area contributed by atoms with E-state index >= 15 is 4.39 Å². The van der Waals surface area contributed by atoms with Crippen molar-refractivity contribution in [3.63, 3.8) is 0 Å². The number of hydrogen-bond donors (Lipinski definition) is 0. The summed E-state index contributed by atoms with van der Waals surface area (Å²) < 4.78 is 41.6. The highest BCUT2D eigenvalue weighted by Crippen LogP contribution is 2.41. The molecule has 1 heterocycles. The van der Waals surface area contributed by atoms with E-state index in [1.54, 1.807) is 29.2 Å². The van der Waals surface area contributed by atoms with Gasteiger partial charge >= 0.3 is 0 Å². The predicted octanol–water partition coefficient (Wildman–Crippen LogP) is 4.95. The highest BCUT2D eigenvalue weighted by atomic mass is 35.5. The van der Waals surface area contributed by atoms with Crippen LogP contribution in [0, 0.1) is 5.92 Å². The van der Waals surface area contributed by atoms with Crippen LogP contribution in [-0.4, -0.2) is 29.8 Å². The standard InChI is InChI=1S/C18H21ClF3NO/c19-15-3-1-2-14(11-15)17(20)6-8-23(9-7-17)16(24)10-13-4-5-18(21,22)12-13/h1-3,11,13H,4-10,12H2. The number of likely N-dealkylation sites (tertiary alicyclic amines) is 1. The molecule has 1 saturated heterocycles. The number of benzene rings is 1. The average Bonchev–Trinajstić information content (AvgIpc) is 2.86. The quantitative estimate of drug-likeness (QED) is 0.747. The second-order valence-electron chi connectivity index (χ2n) is 7.03. The SMILES string of the molecule is O=C(CC1CCC(F)(F)C1)N1CCC(F)(c2cccc(Cl)c2)CC1. The van der Waals surface area contributed by atoms with Gasteiger partial charge in [0.15, 0.2) is 0 Å². The van der Waals surface area contributed by atoms with Gasteiger partial charge in [0.25, 0.3) is 0 Å². The van der Waals surface area contributed by atoms with Crippen LogP contribution in [0.4, 0.5) is 13.2 Å². The smallest absolute Gasteiger partial charge is 0.248 e. The molecule has 0 N–H and O–H groups in total. The van der Waals surface area contributed by atoms with E-state index in [9.17, 15) is 13.6 Å². The van der Waals surface area contributed by atoms with Crippen LogP contribution in [0.2, 0.25) is 5.02 Å². The largest absolute Gasteiger partial charge is 0.342 e. The molecule has 1 saturated carbocycles. The van der Waals surface area contributed by atoms with Gasteiger partial charge < -0.3 is 4.90 Å². The molecule has 0 radical (unpaired) electrons. The van der Waals surface area contributed by atoms with E-state index in [-0.39, 0.29) is 43.9 Å². The third-order valence-electron chi connectivity index (χ3n) is 5.22. The summed E-state index contributed by atoms with van der Waals surface area (Å²) in [5.41, 5.74) is -0.945. The molecule has 1 unspecified atom stereocenters. The Morgan fingerprint density at radius 3 is 2.50 bits per heavy atom. The summed E-state index contributed by atoms with van der Waals surface area (Å²) in [5.74, 6) is -3.02. The number of nitrogens with zero attached hydrogens (tertiary/aromatic N) is 1. The highest BCUT2D eigenvalue weighted by molar-refractivity contribution is 6.30. The molecule has 2 nitrogen and oxygen atoms in total. The number of piperidine rings is 1. The molecule has 1 atom stereocenters. The summed E-state index contributed by atoms with van der Waals surface area (Å²) in [5, 5.41) is 0.491. The Morgan fingerprint density at radius 1 is 1.21 bits per heavy atom. The number of halogens is 4. The van der Waals surface area contributed by atoms with Crippen LogP contribution in [0.5, 0.6) is 0 Å². The third kappa shape index (κ3) is 3.88. The lowest BCUT2D eigenvalue weighted by Crippen LogP contribution is -2.43. The van der Waals surface area contributed by atoms with Gasteiger partial charge in [0, 0.05) is 50.2 Å². The lowest BCUT2D eigenvalue weighted by molar-refractivity contribution is -0.135. The van der Waals surface area contributed by atoms with Crippen LogP contribution in [0.3, 0.4) is 0 Å². The molecule has 3 rings (SSSR count). The maximum Gasteiger partial charge on any atom is 0.248 e. The van der Waals surface area contributed by atoms with Crippen molar-refractivity contribution in [3.8, 4) is 0 Å². The molecular weight excluding hydrogens is 339 g/mol. The fourth-order valence-electron chi connectivity index (χ4n) is 3.76. The Kier molecular flexibility index (Phi) is 4.82. The molecule has 1 aliphatic carbocycles. The Balaban J connectivity index is 1.56. The normalized spacial score (nSPS) is 25.7. The van der Waals surface area contributed by atoms with E-state index in [0.29, 0.717) is 30.1 Å². The van der Waals surface area contributed by atoms with Crippen molar-refractivity contribution in [1.29, 1.82) is 0 Å². The molecule has 1 amide bonds. The predicted molar refractivity (Wildman–Crippen MR) is 87.0 cm³/mol. The first-order valence-electron chi connectivity index (χ1n) is 8.38. The molecule has 1 aromatic carbocycles. The summed E-state index contributed by atoms with van der Waals surface area (Å²) in [7, 11) is 0. The summed E-state index contributed by atoms with van der Waals surface area (Å²) in [6.07, 6.45) is 0.615.